The molecule has 4 rings (SSSR count). The summed E-state index contributed by atoms with van der Waals surface area (Å²) in [6.45, 7) is 1.52. The second kappa shape index (κ2) is 8.42. The number of carbonyl (C=O) groups is 2. The number of halogens is 3. The Balaban J connectivity index is 1.71. The molecule has 1 atom stereocenters. The smallest absolute Gasteiger partial charge is 0.348 e. The lowest BCUT2D eigenvalue weighted by atomic mass is 9.95. The molecule has 1 unspecified atom stereocenters. The van der Waals surface area contributed by atoms with Gasteiger partial charge in [-0.25, -0.2) is 22.9 Å². The highest BCUT2D eigenvalue weighted by atomic mass is 32.1. The Kier molecular flexibility index (Phi) is 5.81. The summed E-state index contributed by atoms with van der Waals surface area (Å²) in [6, 6.07) is 6.98. The van der Waals surface area contributed by atoms with Crippen molar-refractivity contribution in [3.8, 4) is 0 Å². The first-order valence-corrected chi connectivity index (χ1v) is 10.8. The molecule has 1 aliphatic heterocycles. The van der Waals surface area contributed by atoms with Gasteiger partial charge in [-0.1, -0.05) is 6.92 Å². The van der Waals surface area contributed by atoms with Gasteiger partial charge in [0.2, 0.25) is 0 Å². The summed E-state index contributed by atoms with van der Waals surface area (Å²) in [7, 11) is 1.26. The molecule has 1 amide bonds. The van der Waals surface area contributed by atoms with Crippen molar-refractivity contribution in [2.45, 2.75) is 19.3 Å². The predicted octanol–water partition coefficient (Wildman–Crippen LogP) is 4.96. The summed E-state index contributed by atoms with van der Waals surface area (Å²) in [5.74, 6) is -5.00. The van der Waals surface area contributed by atoms with Crippen LogP contribution < -0.4 is 10.2 Å². The van der Waals surface area contributed by atoms with E-state index in [1.807, 2.05) is 0 Å². The maximum absolute atomic E-state index is 14.0. The fourth-order valence-electron chi connectivity index (χ4n) is 3.63. The third-order valence-electron chi connectivity index (χ3n) is 5.48. The van der Waals surface area contributed by atoms with Gasteiger partial charge in [-0.05, 0) is 30.3 Å². The first kappa shape index (κ1) is 22.1. The van der Waals surface area contributed by atoms with E-state index in [2.05, 4.69) is 15.0 Å². The highest BCUT2D eigenvalue weighted by Gasteiger charge is 2.42. The molecule has 0 saturated carbocycles. The summed E-state index contributed by atoms with van der Waals surface area (Å²) in [6.07, 6.45) is -0.356. The number of methoxy groups -OCH3 is 1. The van der Waals surface area contributed by atoms with Crippen LogP contribution in [-0.2, 0) is 4.74 Å². The first-order valence-electron chi connectivity index (χ1n) is 9.89. The lowest BCUT2D eigenvalue weighted by molar-refractivity contribution is -0.0652. The molecule has 1 aliphatic rings. The number of benzene rings is 1. The molecule has 0 radical (unpaired) electrons. The zero-order chi connectivity index (χ0) is 23.0. The lowest BCUT2D eigenvalue weighted by Gasteiger charge is -2.38. The van der Waals surface area contributed by atoms with Crippen molar-refractivity contribution < 1.29 is 27.5 Å². The number of hydrogen-bond donors (Lipinski definition) is 1. The molecule has 3 heterocycles. The number of piperidine rings is 1. The molecule has 168 valence electrons. The van der Waals surface area contributed by atoms with Crippen LogP contribution in [0.25, 0.3) is 10.9 Å². The molecule has 2 aromatic heterocycles. The Bertz CT molecular complexity index is 1200. The van der Waals surface area contributed by atoms with E-state index in [1.165, 1.54) is 44.4 Å². The highest BCUT2D eigenvalue weighted by molar-refractivity contribution is 7.12. The first-order chi connectivity index (χ1) is 15.2. The SMILES string of the molecule is COC(=O)c1cc(NC(=O)c2cc3cc(F)ccc3nc2N2CCC(F)(F)C(C)C2)cs1. The summed E-state index contributed by atoms with van der Waals surface area (Å²) in [5.41, 5.74) is 0.960. The fourth-order valence-corrected chi connectivity index (χ4v) is 4.39. The fraction of sp³-hybridized carbons (Fsp3) is 0.318. The minimum absolute atomic E-state index is 0.0257. The van der Waals surface area contributed by atoms with Crippen LogP contribution in [0.5, 0.6) is 0 Å². The average Bonchev–Trinajstić information content (AvgIpc) is 3.22. The molecular weight excluding hydrogens is 443 g/mol. The molecule has 32 heavy (non-hydrogen) atoms. The topological polar surface area (TPSA) is 71.5 Å². The summed E-state index contributed by atoms with van der Waals surface area (Å²) in [5, 5.41) is 4.70. The van der Waals surface area contributed by atoms with Crippen LogP contribution in [0.15, 0.2) is 35.7 Å². The van der Waals surface area contributed by atoms with Gasteiger partial charge in [-0.3, -0.25) is 4.79 Å². The van der Waals surface area contributed by atoms with E-state index >= 15 is 0 Å². The quantitative estimate of drug-likeness (QED) is 0.554. The third kappa shape index (κ3) is 4.27. The number of carbonyl (C=O) groups excluding carboxylic acids is 2. The van der Waals surface area contributed by atoms with Crippen LogP contribution in [0.4, 0.5) is 24.7 Å². The number of hydrogen-bond acceptors (Lipinski definition) is 6. The number of fused-ring (bicyclic) bond motifs is 1. The number of amides is 1. The van der Waals surface area contributed by atoms with Gasteiger partial charge in [0.25, 0.3) is 11.8 Å². The molecule has 0 bridgehead atoms. The van der Waals surface area contributed by atoms with Crippen LogP contribution in [0.2, 0.25) is 0 Å². The van der Waals surface area contributed by atoms with Crippen molar-refractivity contribution >= 4 is 45.6 Å². The molecule has 1 aromatic carbocycles. The Hall–Kier alpha value is -3.14. The zero-order valence-electron chi connectivity index (χ0n) is 17.3. The van der Waals surface area contributed by atoms with Crippen LogP contribution in [0, 0.1) is 11.7 Å². The van der Waals surface area contributed by atoms with Gasteiger partial charge in [0.15, 0.2) is 0 Å². The van der Waals surface area contributed by atoms with Crippen molar-refractivity contribution in [3.63, 3.8) is 0 Å². The van der Waals surface area contributed by atoms with Crippen molar-refractivity contribution in [3.05, 3.63) is 52.0 Å². The number of nitrogens with zero attached hydrogens (tertiary/aromatic N) is 2. The molecule has 1 saturated heterocycles. The maximum atomic E-state index is 14.0. The van der Waals surface area contributed by atoms with E-state index in [1.54, 1.807) is 10.3 Å². The van der Waals surface area contributed by atoms with Crippen molar-refractivity contribution in [2.24, 2.45) is 5.92 Å². The van der Waals surface area contributed by atoms with Crippen molar-refractivity contribution in [2.75, 3.05) is 30.4 Å². The number of aromatic nitrogens is 1. The van der Waals surface area contributed by atoms with Gasteiger partial charge >= 0.3 is 5.97 Å². The Morgan fingerprint density at radius 2 is 2.06 bits per heavy atom. The summed E-state index contributed by atoms with van der Waals surface area (Å²) < 4.78 is 46.5. The van der Waals surface area contributed by atoms with E-state index in [0.29, 0.717) is 21.5 Å². The molecule has 10 heteroatoms. The number of ether oxygens (including phenoxy) is 1. The van der Waals surface area contributed by atoms with Crippen LogP contribution in [0.1, 0.15) is 33.4 Å². The van der Waals surface area contributed by atoms with E-state index in [-0.39, 0.29) is 30.9 Å². The van der Waals surface area contributed by atoms with Gasteiger partial charge < -0.3 is 15.0 Å². The lowest BCUT2D eigenvalue weighted by Crippen LogP contribution is -2.46. The van der Waals surface area contributed by atoms with E-state index in [9.17, 15) is 22.8 Å². The highest BCUT2D eigenvalue weighted by Crippen LogP contribution is 2.36. The van der Waals surface area contributed by atoms with Crippen LogP contribution in [0.3, 0.4) is 0 Å². The van der Waals surface area contributed by atoms with Gasteiger partial charge in [-0.15, -0.1) is 11.3 Å². The van der Waals surface area contributed by atoms with Gasteiger partial charge in [0.1, 0.15) is 16.5 Å². The minimum Gasteiger partial charge on any atom is -0.465 e. The molecule has 6 nitrogen and oxygen atoms in total. The normalized spacial score (nSPS) is 17.9. The third-order valence-corrected chi connectivity index (χ3v) is 6.39. The number of anilines is 2. The molecule has 1 fully saturated rings. The standard InChI is InChI=1S/C22H20F3N3O3S/c1-12-10-28(6-5-22(12,24)25)19-16(8-13-7-14(23)3-4-17(13)27-19)20(29)26-15-9-18(32-11-15)21(30)31-2/h3-4,7-9,11-12H,5-6,10H2,1-2H3,(H,26,29). The van der Waals surface area contributed by atoms with Crippen molar-refractivity contribution in [1.29, 1.82) is 0 Å². The second-order valence-corrected chi connectivity index (χ2v) is 8.61. The number of thiophene rings is 1. The monoisotopic (exact) mass is 463 g/mol. The molecule has 0 aliphatic carbocycles. The number of pyridine rings is 1. The molecule has 0 spiro atoms. The van der Waals surface area contributed by atoms with Gasteiger partial charge in [-0.2, -0.15) is 0 Å². The number of esters is 1. The van der Waals surface area contributed by atoms with Gasteiger partial charge in [0, 0.05) is 36.2 Å². The summed E-state index contributed by atoms with van der Waals surface area (Å²) in [4.78, 5) is 31.3. The molecule has 3 aromatic rings. The molecular formula is C22H20F3N3O3S. The van der Waals surface area contributed by atoms with Crippen LogP contribution in [-0.4, -0.2) is 43.0 Å². The Morgan fingerprint density at radius 1 is 1.28 bits per heavy atom. The van der Waals surface area contributed by atoms with Crippen LogP contribution >= 0.6 is 11.3 Å². The Labute approximate surface area is 186 Å². The van der Waals surface area contributed by atoms with Crippen molar-refractivity contribution in [1.82, 2.24) is 4.98 Å². The minimum atomic E-state index is -2.79. The predicted molar refractivity (Wildman–Crippen MR) is 116 cm³/mol. The Morgan fingerprint density at radius 3 is 2.78 bits per heavy atom. The number of rotatable bonds is 4. The number of alkyl halides is 2. The molecule has 1 N–H and O–H groups in total. The van der Waals surface area contributed by atoms with Gasteiger partial charge in [0.05, 0.1) is 23.9 Å². The largest absolute Gasteiger partial charge is 0.465 e. The zero-order valence-corrected chi connectivity index (χ0v) is 18.1. The summed E-state index contributed by atoms with van der Waals surface area (Å²) >= 11 is 1.11. The van der Waals surface area contributed by atoms with E-state index in [0.717, 1.165) is 11.3 Å². The average molecular weight is 463 g/mol. The number of nitrogens with one attached hydrogen (secondary N) is 1. The second-order valence-electron chi connectivity index (χ2n) is 7.70. The van der Waals surface area contributed by atoms with E-state index in [4.69, 9.17) is 0 Å². The maximum Gasteiger partial charge on any atom is 0.348 e. The van der Waals surface area contributed by atoms with E-state index < -0.39 is 29.5 Å².